The summed E-state index contributed by atoms with van der Waals surface area (Å²) >= 11 is 0. The van der Waals surface area contributed by atoms with Gasteiger partial charge in [0.15, 0.2) is 11.5 Å². The largest absolute Gasteiger partial charge is 0.573 e. The molecule has 96 valence electrons. The SMILES string of the molecule is OCc1cccc(OC(F)(F)F)c1OC(F)F. The van der Waals surface area contributed by atoms with E-state index in [4.69, 9.17) is 5.11 Å². The second-order valence-corrected chi connectivity index (χ2v) is 2.83. The summed E-state index contributed by atoms with van der Waals surface area (Å²) in [7, 11) is 0. The lowest BCUT2D eigenvalue weighted by molar-refractivity contribution is -0.275. The molecule has 1 aromatic rings. The molecule has 0 aliphatic heterocycles. The van der Waals surface area contributed by atoms with Crippen molar-refractivity contribution in [2.75, 3.05) is 0 Å². The lowest BCUT2D eigenvalue weighted by Crippen LogP contribution is -2.18. The minimum atomic E-state index is -5.03. The minimum absolute atomic E-state index is 0.230. The summed E-state index contributed by atoms with van der Waals surface area (Å²) in [5, 5.41) is 8.79. The van der Waals surface area contributed by atoms with Gasteiger partial charge in [0, 0.05) is 5.56 Å². The Morgan fingerprint density at radius 2 is 1.88 bits per heavy atom. The molecular formula is C9H7F5O3. The van der Waals surface area contributed by atoms with Crippen LogP contribution in [0.2, 0.25) is 0 Å². The molecule has 0 aliphatic carbocycles. The van der Waals surface area contributed by atoms with Gasteiger partial charge in [-0.3, -0.25) is 0 Å². The smallest absolute Gasteiger partial charge is 0.430 e. The van der Waals surface area contributed by atoms with Crippen LogP contribution in [-0.4, -0.2) is 18.1 Å². The minimum Gasteiger partial charge on any atom is -0.430 e. The van der Waals surface area contributed by atoms with E-state index >= 15 is 0 Å². The van der Waals surface area contributed by atoms with Crippen LogP contribution < -0.4 is 9.47 Å². The monoisotopic (exact) mass is 258 g/mol. The first kappa shape index (κ1) is 13.5. The van der Waals surface area contributed by atoms with Gasteiger partial charge in [0.1, 0.15) is 0 Å². The van der Waals surface area contributed by atoms with Crippen LogP contribution in [0.1, 0.15) is 5.56 Å². The van der Waals surface area contributed by atoms with Crippen molar-refractivity contribution in [2.45, 2.75) is 19.6 Å². The number of aliphatic hydroxyl groups is 1. The number of ether oxygens (including phenoxy) is 2. The van der Waals surface area contributed by atoms with Crippen LogP contribution in [0.4, 0.5) is 22.0 Å². The molecule has 0 bridgehead atoms. The molecule has 0 aliphatic rings. The lowest BCUT2D eigenvalue weighted by Gasteiger charge is -2.15. The Morgan fingerprint density at radius 1 is 1.24 bits per heavy atom. The Balaban J connectivity index is 3.10. The van der Waals surface area contributed by atoms with Gasteiger partial charge in [-0.1, -0.05) is 12.1 Å². The van der Waals surface area contributed by atoms with E-state index in [0.29, 0.717) is 0 Å². The highest BCUT2D eigenvalue weighted by molar-refractivity contribution is 5.46. The van der Waals surface area contributed by atoms with Crippen LogP contribution >= 0.6 is 0 Å². The normalized spacial score (nSPS) is 11.7. The van der Waals surface area contributed by atoms with Gasteiger partial charge in [-0.05, 0) is 6.07 Å². The number of para-hydroxylation sites is 1. The molecule has 0 radical (unpaired) electrons. The Labute approximate surface area is 92.4 Å². The van der Waals surface area contributed by atoms with Crippen molar-refractivity contribution < 1.29 is 36.5 Å². The fourth-order valence-corrected chi connectivity index (χ4v) is 1.11. The Kier molecular flexibility index (Phi) is 4.11. The Hall–Kier alpha value is -1.57. The van der Waals surface area contributed by atoms with Crippen LogP contribution in [0.3, 0.4) is 0 Å². The molecule has 0 unspecified atom stereocenters. The molecule has 3 nitrogen and oxygen atoms in total. The highest BCUT2D eigenvalue weighted by Gasteiger charge is 2.33. The fourth-order valence-electron chi connectivity index (χ4n) is 1.11. The van der Waals surface area contributed by atoms with E-state index < -0.39 is 31.1 Å². The number of alkyl halides is 5. The van der Waals surface area contributed by atoms with Crippen LogP contribution in [-0.2, 0) is 6.61 Å². The third-order valence-corrected chi connectivity index (χ3v) is 1.66. The topological polar surface area (TPSA) is 38.7 Å². The molecule has 0 fully saturated rings. The van der Waals surface area contributed by atoms with E-state index in [1.54, 1.807) is 0 Å². The first-order chi connectivity index (χ1) is 7.83. The molecule has 0 atom stereocenters. The molecule has 0 aromatic heterocycles. The molecule has 0 amide bonds. The van der Waals surface area contributed by atoms with Crippen molar-refractivity contribution in [3.63, 3.8) is 0 Å². The number of benzene rings is 1. The highest BCUT2D eigenvalue weighted by atomic mass is 19.4. The van der Waals surface area contributed by atoms with Gasteiger partial charge in [-0.2, -0.15) is 8.78 Å². The van der Waals surface area contributed by atoms with E-state index in [2.05, 4.69) is 9.47 Å². The molecule has 0 saturated heterocycles. The lowest BCUT2D eigenvalue weighted by atomic mass is 10.2. The second-order valence-electron chi connectivity index (χ2n) is 2.83. The average molecular weight is 258 g/mol. The number of hydrogen-bond donors (Lipinski definition) is 1. The summed E-state index contributed by atoms with van der Waals surface area (Å²) < 4.78 is 67.3. The van der Waals surface area contributed by atoms with Gasteiger partial charge in [-0.15, -0.1) is 13.2 Å². The Morgan fingerprint density at radius 3 is 2.35 bits per heavy atom. The molecule has 1 rings (SSSR count). The van der Waals surface area contributed by atoms with Gasteiger partial charge in [0.25, 0.3) is 0 Å². The summed E-state index contributed by atoms with van der Waals surface area (Å²) in [5.74, 6) is -1.76. The predicted molar refractivity (Wildman–Crippen MR) is 45.7 cm³/mol. The van der Waals surface area contributed by atoms with Crippen molar-refractivity contribution in [1.29, 1.82) is 0 Å². The maximum absolute atomic E-state index is 12.0. The van der Waals surface area contributed by atoms with Crippen LogP contribution in [0.5, 0.6) is 11.5 Å². The maximum atomic E-state index is 12.0. The fraction of sp³-hybridized carbons (Fsp3) is 0.333. The summed E-state index contributed by atoms with van der Waals surface area (Å²) in [5.41, 5.74) is -0.230. The number of rotatable bonds is 4. The number of aliphatic hydroxyl groups excluding tert-OH is 1. The first-order valence-electron chi connectivity index (χ1n) is 4.27. The summed E-state index contributed by atoms with van der Waals surface area (Å²) in [4.78, 5) is 0. The zero-order valence-electron chi connectivity index (χ0n) is 8.17. The third-order valence-electron chi connectivity index (χ3n) is 1.66. The summed E-state index contributed by atoms with van der Waals surface area (Å²) in [6.45, 7) is -4.07. The second kappa shape index (κ2) is 5.17. The van der Waals surface area contributed by atoms with Gasteiger partial charge in [0.05, 0.1) is 6.61 Å². The molecule has 1 N–H and O–H groups in total. The first-order valence-corrected chi connectivity index (χ1v) is 4.27. The standard InChI is InChI=1S/C9H7F5O3/c10-8(11)16-7-5(4-15)2-1-3-6(7)17-9(12,13)14/h1-3,8,15H,4H2. The molecule has 0 saturated carbocycles. The van der Waals surface area contributed by atoms with E-state index in [-0.39, 0.29) is 5.56 Å². The molecule has 1 aromatic carbocycles. The molecular weight excluding hydrogens is 251 g/mol. The zero-order valence-corrected chi connectivity index (χ0v) is 8.17. The van der Waals surface area contributed by atoms with Crippen molar-refractivity contribution >= 4 is 0 Å². The van der Waals surface area contributed by atoms with Crippen LogP contribution in [0, 0.1) is 0 Å². The molecule has 17 heavy (non-hydrogen) atoms. The van der Waals surface area contributed by atoms with Gasteiger partial charge >= 0.3 is 13.0 Å². The molecule has 0 heterocycles. The van der Waals surface area contributed by atoms with Crippen molar-refractivity contribution in [2.24, 2.45) is 0 Å². The number of halogens is 5. The summed E-state index contributed by atoms with van der Waals surface area (Å²) in [6, 6.07) is 3.07. The predicted octanol–water partition coefficient (Wildman–Crippen LogP) is 2.68. The quantitative estimate of drug-likeness (QED) is 0.844. The third kappa shape index (κ3) is 4.06. The van der Waals surface area contributed by atoms with Crippen molar-refractivity contribution in [3.05, 3.63) is 23.8 Å². The van der Waals surface area contributed by atoms with E-state index in [1.807, 2.05) is 0 Å². The van der Waals surface area contributed by atoms with Crippen LogP contribution in [0.15, 0.2) is 18.2 Å². The van der Waals surface area contributed by atoms with E-state index in [1.165, 1.54) is 0 Å². The Bertz CT molecular complexity index is 377. The van der Waals surface area contributed by atoms with Gasteiger partial charge < -0.3 is 14.6 Å². The van der Waals surface area contributed by atoms with Crippen LogP contribution in [0.25, 0.3) is 0 Å². The van der Waals surface area contributed by atoms with E-state index in [9.17, 15) is 22.0 Å². The zero-order chi connectivity index (χ0) is 13.1. The maximum Gasteiger partial charge on any atom is 0.573 e. The average Bonchev–Trinajstić information content (AvgIpc) is 2.17. The molecule has 0 spiro atoms. The van der Waals surface area contributed by atoms with Gasteiger partial charge in [0.2, 0.25) is 0 Å². The van der Waals surface area contributed by atoms with E-state index in [0.717, 1.165) is 18.2 Å². The van der Waals surface area contributed by atoms with Gasteiger partial charge in [-0.25, -0.2) is 0 Å². The molecule has 8 heteroatoms. The summed E-state index contributed by atoms with van der Waals surface area (Å²) in [6.07, 6.45) is -5.03. The van der Waals surface area contributed by atoms with Crippen molar-refractivity contribution in [3.8, 4) is 11.5 Å². The highest BCUT2D eigenvalue weighted by Crippen LogP contribution is 2.36. The number of hydrogen-bond acceptors (Lipinski definition) is 3. The van der Waals surface area contributed by atoms with Crippen molar-refractivity contribution in [1.82, 2.24) is 0 Å².